The number of benzene rings is 3. The van der Waals surface area contributed by atoms with Crippen LogP contribution in [0, 0.1) is 33.5 Å². The zero-order chi connectivity index (χ0) is 23.2. The number of amides is 1. The molecule has 0 bridgehead atoms. The van der Waals surface area contributed by atoms with Gasteiger partial charge >= 0.3 is 5.97 Å². The van der Waals surface area contributed by atoms with Gasteiger partial charge in [0.15, 0.2) is 0 Å². The van der Waals surface area contributed by atoms with Gasteiger partial charge in [0.1, 0.15) is 5.82 Å². The van der Waals surface area contributed by atoms with Crippen molar-refractivity contribution in [2.45, 2.75) is 47.2 Å². The highest BCUT2D eigenvalue weighted by Crippen LogP contribution is 2.40. The number of aliphatic carboxylic acids is 1. The zero-order valence-corrected chi connectivity index (χ0v) is 18.8. The highest BCUT2D eigenvalue weighted by Gasteiger charge is 2.31. The second-order valence-electron chi connectivity index (χ2n) is 8.57. The van der Waals surface area contributed by atoms with E-state index in [9.17, 15) is 19.1 Å². The van der Waals surface area contributed by atoms with Crippen LogP contribution in [0.2, 0.25) is 0 Å². The van der Waals surface area contributed by atoms with E-state index in [2.05, 4.69) is 0 Å². The molecule has 32 heavy (non-hydrogen) atoms. The summed E-state index contributed by atoms with van der Waals surface area (Å²) >= 11 is 0. The predicted octanol–water partition coefficient (Wildman–Crippen LogP) is 5.51. The number of carboxylic acid groups (broad SMARTS) is 1. The summed E-state index contributed by atoms with van der Waals surface area (Å²) < 4.78 is 14.0. The highest BCUT2D eigenvalue weighted by molar-refractivity contribution is 5.96. The van der Waals surface area contributed by atoms with Crippen molar-refractivity contribution >= 4 is 11.9 Å². The van der Waals surface area contributed by atoms with Crippen LogP contribution in [-0.4, -0.2) is 21.9 Å². The van der Waals surface area contributed by atoms with E-state index < -0.39 is 11.8 Å². The number of hydrogen-bond acceptors (Lipinski definition) is 2. The smallest absolute Gasteiger partial charge is 0.307 e. The molecule has 4 rings (SSSR count). The Labute approximate surface area is 187 Å². The summed E-state index contributed by atoms with van der Waals surface area (Å²) in [5.41, 5.74) is 8.48. The molecule has 1 aliphatic rings. The Bertz CT molecular complexity index is 1240. The summed E-state index contributed by atoms with van der Waals surface area (Å²) in [4.78, 5) is 26.6. The molecule has 0 spiro atoms. The fraction of sp³-hybridized carbons (Fsp3) is 0.259. The number of rotatable bonds is 4. The second kappa shape index (κ2) is 8.23. The normalized spacial score (nSPS) is 12.7. The molecule has 1 aliphatic heterocycles. The molecule has 1 amide bonds. The van der Waals surface area contributed by atoms with E-state index in [4.69, 9.17) is 0 Å². The topological polar surface area (TPSA) is 57.6 Å². The Morgan fingerprint density at radius 2 is 1.53 bits per heavy atom. The minimum atomic E-state index is -0.887. The molecule has 1 N–H and O–H groups in total. The van der Waals surface area contributed by atoms with Crippen molar-refractivity contribution in [1.29, 1.82) is 0 Å². The van der Waals surface area contributed by atoms with Gasteiger partial charge in [-0.1, -0.05) is 35.9 Å². The van der Waals surface area contributed by atoms with Crippen LogP contribution < -0.4 is 0 Å². The average molecular weight is 432 g/mol. The number of fused-ring (bicyclic) bond motifs is 1. The second-order valence-corrected chi connectivity index (χ2v) is 8.57. The zero-order valence-electron chi connectivity index (χ0n) is 18.8. The lowest BCUT2D eigenvalue weighted by Gasteiger charge is -2.19. The molecule has 4 nitrogen and oxygen atoms in total. The predicted molar refractivity (Wildman–Crippen MR) is 122 cm³/mol. The Hall–Kier alpha value is -3.47. The molecule has 3 aromatic carbocycles. The van der Waals surface area contributed by atoms with E-state index in [0.717, 1.165) is 44.5 Å². The minimum absolute atomic E-state index is 0.0832. The minimum Gasteiger partial charge on any atom is -0.481 e. The van der Waals surface area contributed by atoms with Crippen LogP contribution in [0.5, 0.6) is 0 Å². The standard InChI is InChI=1S/C27H26FNO3/c1-15-8-10-19(11-9-15)26-18(4)23-14-29(13-22(23)16(2)21(26)12-25(30)31)27(32)20-6-5-7-24(28)17(20)3/h5-11H,12-14H2,1-4H3,(H,30,31). The van der Waals surface area contributed by atoms with Gasteiger partial charge in [-0.25, -0.2) is 4.39 Å². The number of nitrogens with zero attached hydrogens (tertiary/aromatic N) is 1. The molecular weight excluding hydrogens is 405 g/mol. The lowest BCUT2D eigenvalue weighted by molar-refractivity contribution is -0.136. The number of aryl methyl sites for hydroxylation is 1. The number of carbonyl (C=O) groups excluding carboxylic acids is 1. The van der Waals surface area contributed by atoms with Crippen LogP contribution in [0.25, 0.3) is 11.1 Å². The molecule has 0 saturated carbocycles. The fourth-order valence-electron chi connectivity index (χ4n) is 4.70. The van der Waals surface area contributed by atoms with Crippen LogP contribution in [0.3, 0.4) is 0 Å². The van der Waals surface area contributed by atoms with E-state index in [1.165, 1.54) is 6.07 Å². The van der Waals surface area contributed by atoms with Gasteiger partial charge in [0, 0.05) is 18.7 Å². The maximum Gasteiger partial charge on any atom is 0.307 e. The van der Waals surface area contributed by atoms with Gasteiger partial charge in [-0.3, -0.25) is 9.59 Å². The summed E-state index contributed by atoms with van der Waals surface area (Å²) in [6.07, 6.45) is -0.0832. The van der Waals surface area contributed by atoms with Crippen molar-refractivity contribution in [2.24, 2.45) is 0 Å². The van der Waals surface area contributed by atoms with Gasteiger partial charge in [-0.15, -0.1) is 0 Å². The SMILES string of the molecule is Cc1ccc(-c2c(C)c3c(c(C)c2CC(=O)O)CN(C(=O)c2cccc(F)c2C)C3)cc1. The first-order valence-corrected chi connectivity index (χ1v) is 10.7. The summed E-state index contributed by atoms with van der Waals surface area (Å²) in [6, 6.07) is 12.6. The molecule has 0 saturated heterocycles. The molecular formula is C27H26FNO3. The molecule has 0 unspecified atom stereocenters. The van der Waals surface area contributed by atoms with Crippen molar-refractivity contribution < 1.29 is 19.1 Å². The molecule has 0 aromatic heterocycles. The first-order valence-electron chi connectivity index (χ1n) is 10.7. The lowest BCUT2D eigenvalue weighted by atomic mass is 9.84. The number of carbonyl (C=O) groups is 2. The van der Waals surface area contributed by atoms with E-state index in [1.807, 2.05) is 45.0 Å². The van der Waals surface area contributed by atoms with Crippen molar-refractivity contribution in [3.05, 3.63) is 92.8 Å². The third-order valence-corrected chi connectivity index (χ3v) is 6.55. The van der Waals surface area contributed by atoms with Crippen molar-refractivity contribution in [1.82, 2.24) is 4.90 Å². The van der Waals surface area contributed by atoms with Gasteiger partial charge in [0.2, 0.25) is 0 Å². The molecule has 5 heteroatoms. The Morgan fingerprint density at radius 3 is 2.16 bits per heavy atom. The summed E-state index contributed by atoms with van der Waals surface area (Å²) in [5.74, 6) is -1.50. The monoisotopic (exact) mass is 431 g/mol. The van der Waals surface area contributed by atoms with Gasteiger partial charge in [0.05, 0.1) is 6.42 Å². The van der Waals surface area contributed by atoms with Crippen LogP contribution in [0.15, 0.2) is 42.5 Å². The first-order chi connectivity index (χ1) is 15.2. The van der Waals surface area contributed by atoms with E-state index in [1.54, 1.807) is 24.0 Å². The van der Waals surface area contributed by atoms with Crippen molar-refractivity contribution in [2.75, 3.05) is 0 Å². The molecule has 0 atom stereocenters. The lowest BCUT2D eigenvalue weighted by Crippen LogP contribution is -2.26. The largest absolute Gasteiger partial charge is 0.481 e. The van der Waals surface area contributed by atoms with E-state index >= 15 is 0 Å². The quantitative estimate of drug-likeness (QED) is 0.593. The third kappa shape index (κ3) is 3.68. The first kappa shape index (κ1) is 21.8. The van der Waals surface area contributed by atoms with Gasteiger partial charge < -0.3 is 10.0 Å². The van der Waals surface area contributed by atoms with Crippen LogP contribution in [0.4, 0.5) is 4.39 Å². The average Bonchev–Trinajstić information content (AvgIpc) is 3.20. The molecule has 164 valence electrons. The Balaban J connectivity index is 1.82. The van der Waals surface area contributed by atoms with Gasteiger partial charge in [0.25, 0.3) is 5.91 Å². The van der Waals surface area contributed by atoms with Gasteiger partial charge in [-0.05, 0) is 84.3 Å². The molecule has 0 fully saturated rings. The Kier molecular flexibility index (Phi) is 5.59. The van der Waals surface area contributed by atoms with Crippen LogP contribution in [-0.2, 0) is 24.3 Å². The van der Waals surface area contributed by atoms with Crippen molar-refractivity contribution in [3.8, 4) is 11.1 Å². The number of halogens is 1. The molecule has 0 aliphatic carbocycles. The summed E-state index contributed by atoms with van der Waals surface area (Å²) in [6.45, 7) is 8.37. The number of carboxylic acids is 1. The third-order valence-electron chi connectivity index (χ3n) is 6.55. The summed E-state index contributed by atoms with van der Waals surface area (Å²) in [7, 11) is 0. The van der Waals surface area contributed by atoms with Crippen molar-refractivity contribution in [3.63, 3.8) is 0 Å². The van der Waals surface area contributed by atoms with Gasteiger partial charge in [-0.2, -0.15) is 0 Å². The molecule has 3 aromatic rings. The fourth-order valence-corrected chi connectivity index (χ4v) is 4.70. The van der Waals surface area contributed by atoms with Crippen LogP contribution in [0.1, 0.15) is 49.3 Å². The summed E-state index contributed by atoms with van der Waals surface area (Å²) in [5, 5.41) is 9.59. The Morgan fingerprint density at radius 1 is 0.906 bits per heavy atom. The van der Waals surface area contributed by atoms with E-state index in [0.29, 0.717) is 24.2 Å². The maximum absolute atomic E-state index is 14.0. The van der Waals surface area contributed by atoms with E-state index in [-0.39, 0.29) is 12.3 Å². The van der Waals surface area contributed by atoms with Crippen LogP contribution >= 0.6 is 0 Å². The maximum atomic E-state index is 14.0. The molecule has 1 heterocycles. The number of hydrogen-bond donors (Lipinski definition) is 1. The highest BCUT2D eigenvalue weighted by atomic mass is 19.1. The molecule has 0 radical (unpaired) electrons.